The Labute approximate surface area is 196 Å². The predicted octanol–water partition coefficient (Wildman–Crippen LogP) is 8.14. The van der Waals surface area contributed by atoms with Gasteiger partial charge >= 0.3 is 11.9 Å². The lowest BCUT2D eigenvalue weighted by molar-refractivity contribution is 0.0449. The molecule has 0 unspecified atom stereocenters. The van der Waals surface area contributed by atoms with Crippen LogP contribution >= 0.6 is 0 Å². The zero-order valence-electron chi connectivity index (χ0n) is 20.8. The number of carbonyl (C=O) groups excluding carboxylic acids is 2. The first kappa shape index (κ1) is 28.2. The van der Waals surface area contributed by atoms with Crippen LogP contribution in [-0.4, -0.2) is 25.2 Å². The SMILES string of the molecule is CCCCCCCCCCCCCCOC(=O)c1ccccc1C(=O)OCCCC(C)C. The van der Waals surface area contributed by atoms with Crippen molar-refractivity contribution in [2.75, 3.05) is 13.2 Å². The molecule has 0 amide bonds. The highest BCUT2D eigenvalue weighted by Crippen LogP contribution is 2.15. The molecule has 0 aliphatic carbocycles. The van der Waals surface area contributed by atoms with E-state index in [4.69, 9.17) is 9.47 Å². The first-order chi connectivity index (χ1) is 15.6. The minimum atomic E-state index is -0.452. The van der Waals surface area contributed by atoms with Crippen molar-refractivity contribution < 1.29 is 19.1 Å². The fourth-order valence-corrected chi connectivity index (χ4v) is 3.76. The van der Waals surface area contributed by atoms with E-state index >= 15 is 0 Å². The summed E-state index contributed by atoms with van der Waals surface area (Å²) in [5.74, 6) is -0.314. The van der Waals surface area contributed by atoms with Gasteiger partial charge in [-0.2, -0.15) is 0 Å². The van der Waals surface area contributed by atoms with E-state index in [2.05, 4.69) is 20.8 Å². The molecule has 4 nitrogen and oxygen atoms in total. The van der Waals surface area contributed by atoms with Gasteiger partial charge in [-0.1, -0.05) is 104 Å². The quantitative estimate of drug-likeness (QED) is 0.159. The Morgan fingerprint density at radius 1 is 0.656 bits per heavy atom. The fourth-order valence-electron chi connectivity index (χ4n) is 3.76. The Morgan fingerprint density at radius 3 is 1.50 bits per heavy atom. The van der Waals surface area contributed by atoms with E-state index in [0.717, 1.165) is 25.7 Å². The zero-order valence-corrected chi connectivity index (χ0v) is 20.8. The molecule has 0 N–H and O–H groups in total. The average molecular weight is 447 g/mol. The van der Waals surface area contributed by atoms with E-state index < -0.39 is 11.9 Å². The molecule has 0 aliphatic heterocycles. The maximum Gasteiger partial charge on any atom is 0.339 e. The van der Waals surface area contributed by atoms with Crippen LogP contribution in [0.25, 0.3) is 0 Å². The normalized spacial score (nSPS) is 11.0. The lowest BCUT2D eigenvalue weighted by Crippen LogP contribution is -2.15. The molecule has 0 bridgehead atoms. The minimum Gasteiger partial charge on any atom is -0.462 e. The predicted molar refractivity (Wildman–Crippen MR) is 132 cm³/mol. The number of rotatable bonds is 19. The summed E-state index contributed by atoms with van der Waals surface area (Å²) in [5.41, 5.74) is 0.581. The van der Waals surface area contributed by atoms with E-state index in [1.54, 1.807) is 24.3 Å². The minimum absolute atomic E-state index is 0.289. The molecule has 0 spiro atoms. The first-order valence-electron chi connectivity index (χ1n) is 13.0. The largest absolute Gasteiger partial charge is 0.462 e. The lowest BCUT2D eigenvalue weighted by Gasteiger charge is -2.10. The van der Waals surface area contributed by atoms with Crippen LogP contribution in [0.2, 0.25) is 0 Å². The molecular weight excluding hydrogens is 400 g/mol. The van der Waals surface area contributed by atoms with Crippen molar-refractivity contribution in [3.05, 3.63) is 35.4 Å². The molecule has 4 heteroatoms. The van der Waals surface area contributed by atoms with Gasteiger partial charge in [0.1, 0.15) is 0 Å². The average Bonchev–Trinajstić information content (AvgIpc) is 2.79. The molecule has 0 atom stereocenters. The number of hydrogen-bond acceptors (Lipinski definition) is 4. The highest BCUT2D eigenvalue weighted by atomic mass is 16.5. The van der Waals surface area contributed by atoms with Crippen molar-refractivity contribution in [1.82, 2.24) is 0 Å². The van der Waals surface area contributed by atoms with E-state index in [0.29, 0.717) is 24.7 Å². The van der Waals surface area contributed by atoms with Crippen LogP contribution in [0.1, 0.15) is 131 Å². The summed E-state index contributed by atoms with van der Waals surface area (Å²) < 4.78 is 10.8. The molecule has 182 valence electrons. The zero-order chi connectivity index (χ0) is 23.4. The van der Waals surface area contributed by atoms with Crippen molar-refractivity contribution in [3.8, 4) is 0 Å². The number of ether oxygens (including phenoxy) is 2. The molecule has 0 fully saturated rings. The Kier molecular flexibility index (Phi) is 16.5. The first-order valence-corrected chi connectivity index (χ1v) is 13.0. The lowest BCUT2D eigenvalue weighted by atomic mass is 10.1. The molecule has 0 aromatic heterocycles. The van der Waals surface area contributed by atoms with Gasteiger partial charge in [0.15, 0.2) is 0 Å². The van der Waals surface area contributed by atoms with E-state index in [9.17, 15) is 9.59 Å². The Balaban J connectivity index is 2.17. The van der Waals surface area contributed by atoms with Gasteiger partial charge in [0, 0.05) is 0 Å². The number of benzene rings is 1. The van der Waals surface area contributed by atoms with Crippen LogP contribution in [0.15, 0.2) is 24.3 Å². The summed E-state index contributed by atoms with van der Waals surface area (Å²) in [4.78, 5) is 24.8. The van der Waals surface area contributed by atoms with Crippen molar-refractivity contribution in [3.63, 3.8) is 0 Å². The van der Waals surface area contributed by atoms with Gasteiger partial charge in [0.25, 0.3) is 0 Å². The molecule has 0 saturated carbocycles. The molecule has 1 rings (SSSR count). The highest BCUT2D eigenvalue weighted by molar-refractivity contribution is 6.03. The second-order valence-corrected chi connectivity index (χ2v) is 9.24. The number of unbranched alkanes of at least 4 members (excludes halogenated alkanes) is 11. The second-order valence-electron chi connectivity index (χ2n) is 9.24. The Hall–Kier alpha value is -1.84. The summed E-state index contributed by atoms with van der Waals surface area (Å²) in [6, 6.07) is 6.75. The highest BCUT2D eigenvalue weighted by Gasteiger charge is 2.18. The van der Waals surface area contributed by atoms with Crippen LogP contribution in [0.4, 0.5) is 0 Å². The molecule has 0 aliphatic rings. The van der Waals surface area contributed by atoms with Crippen molar-refractivity contribution in [2.45, 2.75) is 111 Å². The third kappa shape index (κ3) is 13.5. The van der Waals surface area contributed by atoms with Crippen LogP contribution in [0, 0.1) is 5.92 Å². The molecule has 0 saturated heterocycles. The third-order valence-electron chi connectivity index (χ3n) is 5.76. The van der Waals surface area contributed by atoms with Gasteiger partial charge in [-0.05, 0) is 37.3 Å². The summed E-state index contributed by atoms with van der Waals surface area (Å²) >= 11 is 0. The number of hydrogen-bond donors (Lipinski definition) is 0. The number of carbonyl (C=O) groups is 2. The van der Waals surface area contributed by atoms with Crippen molar-refractivity contribution in [2.24, 2.45) is 5.92 Å². The molecule has 32 heavy (non-hydrogen) atoms. The van der Waals surface area contributed by atoms with Crippen LogP contribution in [0.5, 0.6) is 0 Å². The third-order valence-corrected chi connectivity index (χ3v) is 5.76. The topological polar surface area (TPSA) is 52.6 Å². The summed E-state index contributed by atoms with van der Waals surface area (Å²) in [7, 11) is 0. The van der Waals surface area contributed by atoms with Gasteiger partial charge in [0.2, 0.25) is 0 Å². The molecule has 0 radical (unpaired) electrons. The summed E-state index contributed by atoms with van der Waals surface area (Å²) in [6.45, 7) is 7.31. The molecular formula is C28H46O4. The molecule has 1 aromatic rings. The van der Waals surface area contributed by atoms with Crippen LogP contribution < -0.4 is 0 Å². The standard InChI is InChI=1S/C28H46O4/c1-4-5-6-7-8-9-10-11-12-13-14-17-22-31-27(29)25-20-15-16-21-26(25)28(30)32-23-18-19-24(2)3/h15-16,20-21,24H,4-14,17-19,22-23H2,1-3H3. The van der Waals surface area contributed by atoms with Crippen molar-refractivity contribution in [1.29, 1.82) is 0 Å². The van der Waals surface area contributed by atoms with Gasteiger partial charge in [-0.3, -0.25) is 0 Å². The molecule has 1 aromatic carbocycles. The summed E-state index contributed by atoms with van der Waals surface area (Å²) in [6.07, 6.45) is 17.1. The second kappa shape index (κ2) is 18.7. The van der Waals surface area contributed by atoms with Gasteiger partial charge in [-0.25, -0.2) is 9.59 Å². The molecule has 0 heterocycles. The van der Waals surface area contributed by atoms with Crippen LogP contribution in [0.3, 0.4) is 0 Å². The number of esters is 2. The maximum absolute atomic E-state index is 12.5. The summed E-state index contributed by atoms with van der Waals surface area (Å²) in [5, 5.41) is 0. The Morgan fingerprint density at radius 2 is 1.06 bits per heavy atom. The Bertz CT molecular complexity index is 624. The van der Waals surface area contributed by atoms with Gasteiger partial charge in [-0.15, -0.1) is 0 Å². The monoisotopic (exact) mass is 446 g/mol. The van der Waals surface area contributed by atoms with Gasteiger partial charge < -0.3 is 9.47 Å². The fraction of sp³-hybridized carbons (Fsp3) is 0.714. The van der Waals surface area contributed by atoms with Crippen LogP contribution in [-0.2, 0) is 9.47 Å². The van der Waals surface area contributed by atoms with E-state index in [1.807, 2.05) is 0 Å². The maximum atomic E-state index is 12.5. The van der Waals surface area contributed by atoms with E-state index in [-0.39, 0.29) is 5.56 Å². The van der Waals surface area contributed by atoms with Gasteiger partial charge in [0.05, 0.1) is 24.3 Å². The van der Waals surface area contributed by atoms with Crippen molar-refractivity contribution >= 4 is 11.9 Å². The van der Waals surface area contributed by atoms with E-state index in [1.165, 1.54) is 64.2 Å². The smallest absolute Gasteiger partial charge is 0.339 e.